The van der Waals surface area contributed by atoms with Crippen molar-refractivity contribution in [3.8, 4) is 11.3 Å². The maximum absolute atomic E-state index is 14.2. The van der Waals surface area contributed by atoms with Crippen LogP contribution in [0.15, 0.2) is 12.1 Å². The van der Waals surface area contributed by atoms with Crippen LogP contribution in [0.4, 0.5) is 17.6 Å². The fourth-order valence-corrected chi connectivity index (χ4v) is 2.62. The van der Waals surface area contributed by atoms with Gasteiger partial charge in [-0.05, 0) is 12.1 Å². The molecule has 0 saturated carbocycles. The number of ether oxygens (including phenoxy) is 1. The van der Waals surface area contributed by atoms with E-state index < -0.39 is 28.7 Å². The average Bonchev–Trinajstić information content (AvgIpc) is 2.72. The zero-order valence-corrected chi connectivity index (χ0v) is 13.9. The standard InChI is InChI=1S/C14H10Cl2F4N2O2/c1-6(23)24-5-7-3-8(10(17)4-9(7)15)12-11(16)13(14(18,19)20)22(2)21-12/h3-4H,5H2,1-2H3. The van der Waals surface area contributed by atoms with Gasteiger partial charge in [-0.3, -0.25) is 9.48 Å². The Bertz CT molecular complexity index is 803. The highest BCUT2D eigenvalue weighted by Crippen LogP contribution is 2.40. The summed E-state index contributed by atoms with van der Waals surface area (Å²) in [6.07, 6.45) is -4.75. The molecule has 4 nitrogen and oxygen atoms in total. The second-order valence-electron chi connectivity index (χ2n) is 4.84. The van der Waals surface area contributed by atoms with Gasteiger partial charge in [0.05, 0.1) is 10.0 Å². The number of hydrogen-bond acceptors (Lipinski definition) is 3. The van der Waals surface area contributed by atoms with E-state index in [1.54, 1.807) is 0 Å². The quantitative estimate of drug-likeness (QED) is 0.573. The molecule has 0 spiro atoms. The number of halogens is 6. The number of esters is 1. The van der Waals surface area contributed by atoms with Gasteiger partial charge in [0.2, 0.25) is 0 Å². The minimum Gasteiger partial charge on any atom is -0.461 e. The first-order valence-electron chi connectivity index (χ1n) is 6.43. The number of alkyl halides is 3. The van der Waals surface area contributed by atoms with Gasteiger partial charge in [-0.2, -0.15) is 18.3 Å². The van der Waals surface area contributed by atoms with Gasteiger partial charge in [0.15, 0.2) is 5.69 Å². The van der Waals surface area contributed by atoms with Crippen molar-refractivity contribution < 1.29 is 27.1 Å². The van der Waals surface area contributed by atoms with Crippen molar-refractivity contribution in [2.24, 2.45) is 7.05 Å². The lowest BCUT2D eigenvalue weighted by atomic mass is 10.1. The van der Waals surface area contributed by atoms with E-state index in [0.717, 1.165) is 19.2 Å². The Balaban J connectivity index is 2.57. The predicted octanol–water partition coefficient (Wildman–Crippen LogP) is 4.61. The highest BCUT2D eigenvalue weighted by atomic mass is 35.5. The molecule has 130 valence electrons. The zero-order valence-electron chi connectivity index (χ0n) is 12.3. The molecular weight excluding hydrogens is 375 g/mol. The topological polar surface area (TPSA) is 44.1 Å². The van der Waals surface area contributed by atoms with Crippen molar-refractivity contribution in [1.29, 1.82) is 0 Å². The van der Waals surface area contributed by atoms with Crippen molar-refractivity contribution in [2.75, 3.05) is 0 Å². The van der Waals surface area contributed by atoms with Crippen LogP contribution in [0.2, 0.25) is 10.0 Å². The molecule has 0 aliphatic heterocycles. The van der Waals surface area contributed by atoms with Gasteiger partial charge in [0, 0.05) is 25.1 Å². The van der Waals surface area contributed by atoms with Crippen LogP contribution in [0.1, 0.15) is 18.2 Å². The van der Waals surface area contributed by atoms with Crippen LogP contribution in [-0.4, -0.2) is 15.7 Å². The lowest BCUT2D eigenvalue weighted by Gasteiger charge is -2.09. The SMILES string of the molecule is CC(=O)OCc1cc(-c2nn(C)c(C(F)(F)F)c2Cl)c(F)cc1Cl. The van der Waals surface area contributed by atoms with Gasteiger partial charge in [-0.25, -0.2) is 4.39 Å². The van der Waals surface area contributed by atoms with Gasteiger partial charge in [0.25, 0.3) is 0 Å². The summed E-state index contributed by atoms with van der Waals surface area (Å²) >= 11 is 11.6. The van der Waals surface area contributed by atoms with E-state index >= 15 is 0 Å². The van der Waals surface area contributed by atoms with Crippen LogP contribution in [0.5, 0.6) is 0 Å². The number of carbonyl (C=O) groups excluding carboxylic acids is 1. The number of carbonyl (C=O) groups is 1. The molecule has 0 aliphatic rings. The van der Waals surface area contributed by atoms with E-state index in [1.165, 1.54) is 6.92 Å². The van der Waals surface area contributed by atoms with Gasteiger partial charge in [-0.15, -0.1) is 0 Å². The molecule has 0 saturated heterocycles. The zero-order chi connectivity index (χ0) is 18.2. The van der Waals surface area contributed by atoms with E-state index in [1.807, 2.05) is 0 Å². The molecule has 0 aliphatic carbocycles. The van der Waals surface area contributed by atoms with E-state index in [-0.39, 0.29) is 28.5 Å². The molecule has 1 aromatic carbocycles. The highest BCUT2D eigenvalue weighted by Gasteiger charge is 2.39. The number of benzene rings is 1. The summed E-state index contributed by atoms with van der Waals surface area (Å²) in [5.41, 5.74) is -1.66. The first kappa shape index (κ1) is 18.5. The summed E-state index contributed by atoms with van der Waals surface area (Å²) in [4.78, 5) is 10.9. The van der Waals surface area contributed by atoms with Crippen LogP contribution in [-0.2, 0) is 29.4 Å². The Morgan fingerprint density at radius 1 is 1.33 bits per heavy atom. The van der Waals surface area contributed by atoms with Crippen molar-refractivity contribution >= 4 is 29.2 Å². The summed E-state index contributed by atoms with van der Waals surface area (Å²) in [5, 5.41) is 2.87. The summed E-state index contributed by atoms with van der Waals surface area (Å²) in [5.74, 6) is -1.49. The maximum atomic E-state index is 14.2. The molecule has 0 atom stereocenters. The molecule has 1 aromatic heterocycles. The van der Waals surface area contributed by atoms with Crippen molar-refractivity contribution in [3.63, 3.8) is 0 Å². The molecule has 0 amide bonds. The van der Waals surface area contributed by atoms with Gasteiger partial charge >= 0.3 is 12.1 Å². The fourth-order valence-electron chi connectivity index (χ4n) is 2.04. The molecule has 1 heterocycles. The minimum absolute atomic E-state index is 0.0411. The first-order valence-corrected chi connectivity index (χ1v) is 7.19. The molecule has 0 radical (unpaired) electrons. The van der Waals surface area contributed by atoms with Gasteiger partial charge in [-0.1, -0.05) is 23.2 Å². The number of aryl methyl sites for hydroxylation is 1. The third-order valence-electron chi connectivity index (χ3n) is 3.08. The second-order valence-corrected chi connectivity index (χ2v) is 5.62. The van der Waals surface area contributed by atoms with Crippen molar-refractivity contribution in [3.05, 3.63) is 39.3 Å². The molecule has 0 bridgehead atoms. The Morgan fingerprint density at radius 3 is 2.46 bits per heavy atom. The van der Waals surface area contributed by atoms with Crippen LogP contribution in [0.25, 0.3) is 11.3 Å². The smallest absolute Gasteiger partial charge is 0.434 e. The third kappa shape index (κ3) is 3.64. The number of aromatic nitrogens is 2. The van der Waals surface area contributed by atoms with E-state index in [9.17, 15) is 22.4 Å². The Hall–Kier alpha value is -1.80. The minimum atomic E-state index is -4.75. The molecule has 2 rings (SSSR count). The Labute approximate surface area is 143 Å². The molecule has 0 N–H and O–H groups in total. The van der Waals surface area contributed by atoms with Crippen LogP contribution >= 0.6 is 23.2 Å². The third-order valence-corrected chi connectivity index (χ3v) is 3.79. The Morgan fingerprint density at radius 2 is 1.96 bits per heavy atom. The molecule has 0 unspecified atom stereocenters. The van der Waals surface area contributed by atoms with E-state index in [2.05, 4.69) is 5.10 Å². The van der Waals surface area contributed by atoms with E-state index in [0.29, 0.717) is 4.68 Å². The maximum Gasteiger partial charge on any atom is 0.434 e. The summed E-state index contributed by atoms with van der Waals surface area (Å²) < 4.78 is 58.4. The average molecular weight is 385 g/mol. The fraction of sp³-hybridized carbons (Fsp3) is 0.286. The number of rotatable bonds is 3. The van der Waals surface area contributed by atoms with E-state index in [4.69, 9.17) is 27.9 Å². The number of nitrogens with zero attached hydrogens (tertiary/aromatic N) is 2. The number of hydrogen-bond donors (Lipinski definition) is 0. The lowest BCUT2D eigenvalue weighted by molar-refractivity contribution is -0.144. The summed E-state index contributed by atoms with van der Waals surface area (Å²) in [7, 11) is 1.05. The van der Waals surface area contributed by atoms with Crippen molar-refractivity contribution in [1.82, 2.24) is 9.78 Å². The predicted molar refractivity (Wildman–Crippen MR) is 79.1 cm³/mol. The van der Waals surface area contributed by atoms with Crippen molar-refractivity contribution in [2.45, 2.75) is 19.7 Å². The molecular formula is C14H10Cl2F4N2O2. The van der Waals surface area contributed by atoms with Crippen LogP contribution < -0.4 is 0 Å². The first-order chi connectivity index (χ1) is 11.0. The molecule has 10 heteroatoms. The molecule has 24 heavy (non-hydrogen) atoms. The summed E-state index contributed by atoms with van der Waals surface area (Å²) in [6.45, 7) is 0.904. The summed E-state index contributed by atoms with van der Waals surface area (Å²) in [6, 6.07) is 2.04. The van der Waals surface area contributed by atoms with Crippen LogP contribution in [0.3, 0.4) is 0 Å². The van der Waals surface area contributed by atoms with Crippen LogP contribution in [0, 0.1) is 5.82 Å². The lowest BCUT2D eigenvalue weighted by Crippen LogP contribution is -2.12. The molecule has 0 fully saturated rings. The van der Waals surface area contributed by atoms with Gasteiger partial charge in [0.1, 0.15) is 18.1 Å². The van der Waals surface area contributed by atoms with Gasteiger partial charge < -0.3 is 4.74 Å². The second kappa shape index (κ2) is 6.60. The normalized spacial score (nSPS) is 11.7. The largest absolute Gasteiger partial charge is 0.461 e. The molecule has 2 aromatic rings. The monoisotopic (exact) mass is 384 g/mol. The Kier molecular flexibility index (Phi) is 5.10. The highest BCUT2D eigenvalue weighted by molar-refractivity contribution is 6.34.